The second-order valence-corrected chi connectivity index (χ2v) is 5.99. The number of hydrogen-bond donors (Lipinski definition) is 2. The van der Waals surface area contributed by atoms with Crippen molar-refractivity contribution < 1.29 is 9.53 Å². The first kappa shape index (κ1) is 16.4. The van der Waals surface area contributed by atoms with E-state index in [4.69, 9.17) is 10.5 Å². The van der Waals surface area contributed by atoms with Crippen molar-refractivity contribution in [3.8, 4) is 0 Å². The van der Waals surface area contributed by atoms with Crippen molar-refractivity contribution in [1.29, 1.82) is 0 Å². The third-order valence-corrected chi connectivity index (χ3v) is 2.70. The Balaban J connectivity index is 4.05. The highest BCUT2D eigenvalue weighted by atomic mass is 16.5. The summed E-state index contributed by atoms with van der Waals surface area (Å²) in [5.41, 5.74) is 4.89. The van der Waals surface area contributed by atoms with E-state index in [2.05, 4.69) is 33.0 Å². The van der Waals surface area contributed by atoms with E-state index in [9.17, 15) is 4.79 Å². The van der Waals surface area contributed by atoms with Crippen LogP contribution < -0.4 is 11.1 Å². The summed E-state index contributed by atoms with van der Waals surface area (Å²) in [4.78, 5) is 11.4. The minimum Gasteiger partial charge on any atom is -0.379 e. The first-order valence-electron chi connectivity index (χ1n) is 6.34. The van der Waals surface area contributed by atoms with Gasteiger partial charge in [-0.1, -0.05) is 27.7 Å². The summed E-state index contributed by atoms with van der Waals surface area (Å²) in [6.07, 6.45) is 1.93. The fraction of sp³-hybridized carbons (Fsp3) is 0.923. The standard InChI is InChI=1S/C13H28N2O2/c1-6-8-15-13(5,11(14)16)10-17-9-7-12(2,3)4/h15H,6-10H2,1-5H3,(H2,14,16). The number of hydrogen-bond acceptors (Lipinski definition) is 3. The predicted octanol–water partition coefficient (Wildman–Crippen LogP) is 1.68. The van der Waals surface area contributed by atoms with Gasteiger partial charge < -0.3 is 15.8 Å². The van der Waals surface area contributed by atoms with E-state index in [1.165, 1.54) is 0 Å². The molecule has 0 spiro atoms. The van der Waals surface area contributed by atoms with Crippen molar-refractivity contribution in [3.05, 3.63) is 0 Å². The van der Waals surface area contributed by atoms with Gasteiger partial charge in [0.2, 0.25) is 5.91 Å². The number of nitrogens with one attached hydrogen (secondary N) is 1. The molecular weight excluding hydrogens is 216 g/mol. The number of ether oxygens (including phenoxy) is 1. The molecule has 0 aliphatic carbocycles. The maximum absolute atomic E-state index is 11.4. The van der Waals surface area contributed by atoms with Crippen LogP contribution in [-0.4, -0.2) is 31.2 Å². The zero-order valence-corrected chi connectivity index (χ0v) is 11.9. The smallest absolute Gasteiger partial charge is 0.239 e. The summed E-state index contributed by atoms with van der Waals surface area (Å²) in [6.45, 7) is 12.1. The van der Waals surface area contributed by atoms with E-state index < -0.39 is 5.54 Å². The lowest BCUT2D eigenvalue weighted by molar-refractivity contribution is -0.126. The van der Waals surface area contributed by atoms with Crippen LogP contribution in [-0.2, 0) is 9.53 Å². The highest BCUT2D eigenvalue weighted by Crippen LogP contribution is 2.18. The van der Waals surface area contributed by atoms with Crippen LogP contribution >= 0.6 is 0 Å². The van der Waals surface area contributed by atoms with Crippen LogP contribution in [0.1, 0.15) is 47.5 Å². The number of carbonyl (C=O) groups is 1. The number of nitrogens with two attached hydrogens (primary N) is 1. The van der Waals surface area contributed by atoms with E-state index >= 15 is 0 Å². The molecule has 0 aliphatic rings. The van der Waals surface area contributed by atoms with Gasteiger partial charge in [-0.2, -0.15) is 0 Å². The Hall–Kier alpha value is -0.610. The van der Waals surface area contributed by atoms with Crippen LogP contribution in [0.5, 0.6) is 0 Å². The summed E-state index contributed by atoms with van der Waals surface area (Å²) in [5, 5.41) is 3.14. The Bertz CT molecular complexity index is 236. The Morgan fingerprint density at radius 3 is 2.29 bits per heavy atom. The minimum atomic E-state index is -0.756. The molecule has 0 saturated heterocycles. The Morgan fingerprint density at radius 2 is 1.88 bits per heavy atom. The number of amides is 1. The van der Waals surface area contributed by atoms with Crippen LogP contribution in [0.4, 0.5) is 0 Å². The highest BCUT2D eigenvalue weighted by Gasteiger charge is 2.30. The zero-order valence-electron chi connectivity index (χ0n) is 11.9. The van der Waals surface area contributed by atoms with Crippen molar-refractivity contribution in [1.82, 2.24) is 5.32 Å². The number of carbonyl (C=O) groups excluding carboxylic acids is 1. The zero-order chi connectivity index (χ0) is 13.5. The predicted molar refractivity (Wildman–Crippen MR) is 70.8 cm³/mol. The largest absolute Gasteiger partial charge is 0.379 e. The maximum atomic E-state index is 11.4. The second kappa shape index (κ2) is 6.97. The van der Waals surface area contributed by atoms with Gasteiger partial charge in [-0.05, 0) is 31.7 Å². The average Bonchev–Trinajstić information content (AvgIpc) is 2.20. The molecule has 1 amide bonds. The second-order valence-electron chi connectivity index (χ2n) is 5.99. The minimum absolute atomic E-state index is 0.250. The molecule has 0 aromatic carbocycles. The third kappa shape index (κ3) is 7.34. The molecule has 0 rings (SSSR count). The van der Waals surface area contributed by atoms with Gasteiger partial charge in [0.25, 0.3) is 0 Å². The van der Waals surface area contributed by atoms with E-state index in [-0.39, 0.29) is 11.3 Å². The van der Waals surface area contributed by atoms with Gasteiger partial charge in [0.05, 0.1) is 6.61 Å². The van der Waals surface area contributed by atoms with Gasteiger partial charge in [-0.3, -0.25) is 4.79 Å². The Morgan fingerprint density at radius 1 is 1.29 bits per heavy atom. The number of rotatable bonds is 8. The Labute approximate surface area is 105 Å². The van der Waals surface area contributed by atoms with Gasteiger partial charge in [0.1, 0.15) is 5.54 Å². The molecule has 0 aromatic rings. The first-order chi connectivity index (χ1) is 7.71. The molecule has 17 heavy (non-hydrogen) atoms. The van der Waals surface area contributed by atoms with Crippen LogP contribution in [0, 0.1) is 5.41 Å². The molecule has 0 aliphatic heterocycles. The first-order valence-corrected chi connectivity index (χ1v) is 6.34. The normalized spacial score (nSPS) is 15.6. The summed E-state index contributed by atoms with van der Waals surface area (Å²) in [5.74, 6) is -0.360. The molecule has 0 aromatic heterocycles. The fourth-order valence-electron chi connectivity index (χ4n) is 1.26. The van der Waals surface area contributed by atoms with Crippen molar-refractivity contribution in [2.24, 2.45) is 11.1 Å². The van der Waals surface area contributed by atoms with E-state index in [1.807, 2.05) is 0 Å². The van der Waals surface area contributed by atoms with Crippen molar-refractivity contribution in [3.63, 3.8) is 0 Å². The SMILES string of the molecule is CCCNC(C)(COCCC(C)(C)C)C(N)=O. The van der Waals surface area contributed by atoms with Crippen LogP contribution in [0.2, 0.25) is 0 Å². The van der Waals surface area contributed by atoms with Crippen molar-refractivity contribution in [2.45, 2.75) is 53.0 Å². The lowest BCUT2D eigenvalue weighted by atomic mass is 9.93. The van der Waals surface area contributed by atoms with Crippen molar-refractivity contribution >= 4 is 5.91 Å². The molecule has 0 fully saturated rings. The fourth-order valence-corrected chi connectivity index (χ4v) is 1.26. The van der Waals surface area contributed by atoms with Gasteiger partial charge in [-0.15, -0.1) is 0 Å². The van der Waals surface area contributed by atoms with E-state index in [0.29, 0.717) is 13.2 Å². The topological polar surface area (TPSA) is 64.3 Å². The summed E-state index contributed by atoms with van der Waals surface area (Å²) in [6, 6.07) is 0. The average molecular weight is 244 g/mol. The molecule has 102 valence electrons. The Kier molecular flexibility index (Phi) is 6.72. The van der Waals surface area contributed by atoms with Gasteiger partial charge >= 0.3 is 0 Å². The molecule has 0 saturated carbocycles. The molecule has 4 nitrogen and oxygen atoms in total. The quantitative estimate of drug-likeness (QED) is 0.639. The van der Waals surface area contributed by atoms with Gasteiger partial charge in [0.15, 0.2) is 0 Å². The monoisotopic (exact) mass is 244 g/mol. The van der Waals surface area contributed by atoms with Crippen LogP contribution in [0.25, 0.3) is 0 Å². The summed E-state index contributed by atoms with van der Waals surface area (Å²) >= 11 is 0. The molecule has 4 heteroatoms. The number of primary amides is 1. The molecule has 0 radical (unpaired) electrons. The van der Waals surface area contributed by atoms with Crippen molar-refractivity contribution in [2.75, 3.05) is 19.8 Å². The lowest BCUT2D eigenvalue weighted by Crippen LogP contribution is -2.56. The molecule has 0 heterocycles. The highest BCUT2D eigenvalue weighted by molar-refractivity contribution is 5.84. The van der Waals surface area contributed by atoms with Crippen LogP contribution in [0.3, 0.4) is 0 Å². The molecular formula is C13H28N2O2. The van der Waals surface area contributed by atoms with E-state index in [1.54, 1.807) is 6.92 Å². The molecule has 0 bridgehead atoms. The summed E-state index contributed by atoms with van der Waals surface area (Å²) < 4.78 is 5.57. The maximum Gasteiger partial charge on any atom is 0.239 e. The molecule has 1 unspecified atom stereocenters. The molecule has 1 atom stereocenters. The molecule has 3 N–H and O–H groups in total. The van der Waals surface area contributed by atoms with Crippen LogP contribution in [0.15, 0.2) is 0 Å². The van der Waals surface area contributed by atoms with E-state index in [0.717, 1.165) is 19.4 Å². The third-order valence-electron chi connectivity index (χ3n) is 2.70. The lowest BCUT2D eigenvalue weighted by Gasteiger charge is -2.28. The van der Waals surface area contributed by atoms with Gasteiger partial charge in [-0.25, -0.2) is 0 Å². The van der Waals surface area contributed by atoms with Gasteiger partial charge in [0, 0.05) is 6.61 Å². The summed E-state index contributed by atoms with van der Waals surface area (Å²) in [7, 11) is 0.